The molecular weight excluding hydrogens is 310 g/mol. The smallest absolute Gasteiger partial charge is 0.261 e. The topological polar surface area (TPSA) is 38.3 Å². The molecule has 0 spiro atoms. The molecule has 2 aromatic carbocycles. The number of hydrogen-bond donors (Lipinski definition) is 1. The Morgan fingerprint density at radius 1 is 1.04 bits per heavy atom. The molecule has 0 aliphatic heterocycles. The van der Waals surface area contributed by atoms with Gasteiger partial charge in [0.05, 0.1) is 6.04 Å². The summed E-state index contributed by atoms with van der Waals surface area (Å²) in [7, 11) is 0. The minimum Gasteiger partial charge on any atom is -0.481 e. The summed E-state index contributed by atoms with van der Waals surface area (Å²) in [6.07, 6.45) is 0.134. The van der Waals surface area contributed by atoms with Gasteiger partial charge >= 0.3 is 0 Å². The highest BCUT2D eigenvalue weighted by atomic mass is 16.5. The second kappa shape index (κ2) is 8.19. The highest BCUT2D eigenvalue weighted by Gasteiger charge is 2.21. The average Bonchev–Trinajstić information content (AvgIpc) is 2.59. The molecule has 0 aliphatic rings. The first-order valence-electron chi connectivity index (χ1n) is 8.93. The summed E-state index contributed by atoms with van der Waals surface area (Å²) in [5.74, 6) is 0.630. The highest BCUT2D eigenvalue weighted by molar-refractivity contribution is 5.81. The van der Waals surface area contributed by atoms with Gasteiger partial charge in [0.15, 0.2) is 6.10 Å². The van der Waals surface area contributed by atoms with Crippen LogP contribution in [0.15, 0.2) is 54.6 Å². The number of benzene rings is 2. The largest absolute Gasteiger partial charge is 0.481 e. The molecule has 3 heteroatoms. The van der Waals surface area contributed by atoms with Crippen molar-refractivity contribution >= 4 is 5.91 Å². The van der Waals surface area contributed by atoms with Crippen LogP contribution in [0, 0.1) is 0 Å². The molecule has 0 radical (unpaired) electrons. The minimum absolute atomic E-state index is 0.0602. The number of hydrogen-bond acceptors (Lipinski definition) is 2. The van der Waals surface area contributed by atoms with Crippen LogP contribution in [-0.2, 0) is 10.2 Å². The molecule has 1 amide bonds. The SMILES string of the molecule is CC[C@H](Oc1ccccc1)C(=O)N[C@H](C)c1ccc(C(C)(C)C)cc1. The van der Waals surface area contributed by atoms with E-state index in [0.29, 0.717) is 12.2 Å². The number of nitrogens with one attached hydrogen (secondary N) is 1. The summed E-state index contributed by atoms with van der Waals surface area (Å²) in [6.45, 7) is 10.5. The van der Waals surface area contributed by atoms with Gasteiger partial charge in [0.2, 0.25) is 0 Å². The fourth-order valence-corrected chi connectivity index (χ4v) is 2.65. The molecule has 3 nitrogen and oxygen atoms in total. The summed E-state index contributed by atoms with van der Waals surface area (Å²) < 4.78 is 5.81. The van der Waals surface area contributed by atoms with Crippen molar-refractivity contribution < 1.29 is 9.53 Å². The van der Waals surface area contributed by atoms with Gasteiger partial charge in [-0.3, -0.25) is 4.79 Å². The number of carbonyl (C=O) groups excluding carboxylic acids is 1. The first-order valence-corrected chi connectivity index (χ1v) is 8.93. The zero-order valence-corrected chi connectivity index (χ0v) is 15.9. The Labute approximate surface area is 151 Å². The van der Waals surface area contributed by atoms with Crippen LogP contribution in [0.2, 0.25) is 0 Å². The van der Waals surface area contributed by atoms with Crippen LogP contribution < -0.4 is 10.1 Å². The zero-order chi connectivity index (χ0) is 18.4. The second-order valence-electron chi connectivity index (χ2n) is 7.43. The maximum Gasteiger partial charge on any atom is 0.261 e. The van der Waals surface area contributed by atoms with Crippen molar-refractivity contribution in [3.05, 3.63) is 65.7 Å². The van der Waals surface area contributed by atoms with Gasteiger partial charge in [-0.25, -0.2) is 0 Å². The summed E-state index contributed by atoms with van der Waals surface area (Å²) in [5, 5.41) is 3.06. The molecule has 0 saturated heterocycles. The van der Waals surface area contributed by atoms with Crippen LogP contribution in [0.4, 0.5) is 0 Å². The molecule has 0 heterocycles. The molecule has 2 atom stereocenters. The Kier molecular flexibility index (Phi) is 6.24. The summed E-state index contributed by atoms with van der Waals surface area (Å²) in [4.78, 5) is 12.6. The Balaban J connectivity index is 2.00. The summed E-state index contributed by atoms with van der Waals surface area (Å²) in [6, 6.07) is 17.8. The van der Waals surface area contributed by atoms with Crippen LogP contribution in [-0.4, -0.2) is 12.0 Å². The normalized spacial score (nSPS) is 13.8. The lowest BCUT2D eigenvalue weighted by Crippen LogP contribution is -2.39. The Morgan fingerprint density at radius 3 is 2.16 bits per heavy atom. The lowest BCUT2D eigenvalue weighted by atomic mass is 9.86. The predicted molar refractivity (Wildman–Crippen MR) is 103 cm³/mol. The number of rotatable bonds is 6. The van der Waals surface area contributed by atoms with Crippen molar-refractivity contribution in [2.24, 2.45) is 0 Å². The average molecular weight is 339 g/mol. The number of carbonyl (C=O) groups is 1. The van der Waals surface area contributed by atoms with Crippen LogP contribution >= 0.6 is 0 Å². The molecule has 0 aromatic heterocycles. The lowest BCUT2D eigenvalue weighted by Gasteiger charge is -2.22. The van der Waals surface area contributed by atoms with E-state index in [-0.39, 0.29) is 17.4 Å². The fourth-order valence-electron chi connectivity index (χ4n) is 2.65. The Morgan fingerprint density at radius 2 is 1.64 bits per heavy atom. The van der Waals surface area contributed by atoms with E-state index in [0.717, 1.165) is 5.56 Å². The molecule has 2 aromatic rings. The van der Waals surface area contributed by atoms with Gasteiger partial charge < -0.3 is 10.1 Å². The van der Waals surface area contributed by atoms with E-state index in [4.69, 9.17) is 4.74 Å². The minimum atomic E-state index is -0.487. The van der Waals surface area contributed by atoms with Gasteiger partial charge in [-0.05, 0) is 42.0 Å². The van der Waals surface area contributed by atoms with Gasteiger partial charge in [-0.15, -0.1) is 0 Å². The molecule has 1 N–H and O–H groups in total. The molecule has 0 bridgehead atoms. The first-order chi connectivity index (χ1) is 11.8. The zero-order valence-electron chi connectivity index (χ0n) is 15.9. The van der Waals surface area contributed by atoms with E-state index in [2.05, 4.69) is 50.4 Å². The van der Waals surface area contributed by atoms with Crippen molar-refractivity contribution in [3.63, 3.8) is 0 Å². The van der Waals surface area contributed by atoms with E-state index < -0.39 is 6.10 Å². The number of ether oxygens (including phenoxy) is 1. The van der Waals surface area contributed by atoms with Crippen LogP contribution in [0.3, 0.4) is 0 Å². The van der Waals surface area contributed by atoms with Crippen LogP contribution in [0.1, 0.15) is 58.2 Å². The van der Waals surface area contributed by atoms with E-state index in [1.165, 1.54) is 5.56 Å². The van der Waals surface area contributed by atoms with Gasteiger partial charge in [0.25, 0.3) is 5.91 Å². The van der Waals surface area contributed by atoms with Crippen molar-refractivity contribution in [2.45, 2.75) is 58.6 Å². The Bertz CT molecular complexity index is 671. The molecule has 25 heavy (non-hydrogen) atoms. The first kappa shape index (κ1) is 19.0. The molecule has 2 rings (SSSR count). The van der Waals surface area contributed by atoms with Crippen molar-refractivity contribution in [1.82, 2.24) is 5.32 Å². The van der Waals surface area contributed by atoms with Crippen LogP contribution in [0.5, 0.6) is 5.75 Å². The van der Waals surface area contributed by atoms with E-state index in [9.17, 15) is 4.79 Å². The monoisotopic (exact) mass is 339 g/mol. The molecule has 0 fully saturated rings. The van der Waals surface area contributed by atoms with E-state index in [1.807, 2.05) is 44.2 Å². The van der Waals surface area contributed by atoms with Crippen molar-refractivity contribution in [3.8, 4) is 5.75 Å². The third-order valence-electron chi connectivity index (χ3n) is 4.32. The number of amides is 1. The predicted octanol–water partition coefficient (Wildman–Crippen LogP) is 5.02. The fraction of sp³-hybridized carbons (Fsp3) is 0.409. The third kappa shape index (κ3) is 5.35. The molecular formula is C22H29NO2. The van der Waals surface area contributed by atoms with Gasteiger partial charge in [0, 0.05) is 0 Å². The number of para-hydroxylation sites is 1. The summed E-state index contributed by atoms with van der Waals surface area (Å²) >= 11 is 0. The third-order valence-corrected chi connectivity index (χ3v) is 4.32. The van der Waals surface area contributed by atoms with Gasteiger partial charge in [0.1, 0.15) is 5.75 Å². The Hall–Kier alpha value is -2.29. The lowest BCUT2D eigenvalue weighted by molar-refractivity contribution is -0.128. The standard InChI is InChI=1S/C22H29NO2/c1-6-20(25-19-10-8-7-9-11-19)21(24)23-16(2)17-12-14-18(15-13-17)22(3,4)5/h7-16,20H,6H2,1-5H3,(H,23,24)/t16-,20+/m1/s1. The molecule has 0 unspecified atom stereocenters. The molecule has 134 valence electrons. The van der Waals surface area contributed by atoms with E-state index in [1.54, 1.807) is 0 Å². The van der Waals surface area contributed by atoms with Crippen molar-refractivity contribution in [1.29, 1.82) is 0 Å². The molecule has 0 aliphatic carbocycles. The maximum atomic E-state index is 12.6. The second-order valence-corrected chi connectivity index (χ2v) is 7.43. The summed E-state index contributed by atoms with van der Waals surface area (Å²) in [5.41, 5.74) is 2.51. The highest BCUT2D eigenvalue weighted by Crippen LogP contribution is 2.24. The van der Waals surface area contributed by atoms with Crippen LogP contribution in [0.25, 0.3) is 0 Å². The van der Waals surface area contributed by atoms with Gasteiger partial charge in [-0.1, -0.05) is 70.2 Å². The van der Waals surface area contributed by atoms with Crippen molar-refractivity contribution in [2.75, 3.05) is 0 Å². The quantitative estimate of drug-likeness (QED) is 0.802. The van der Waals surface area contributed by atoms with E-state index >= 15 is 0 Å². The maximum absolute atomic E-state index is 12.6. The molecule has 0 saturated carbocycles. The van der Waals surface area contributed by atoms with Gasteiger partial charge in [-0.2, -0.15) is 0 Å².